The Morgan fingerprint density at radius 3 is 2.30 bits per heavy atom. The first kappa shape index (κ1) is 12.9. The van der Waals surface area contributed by atoms with Gasteiger partial charge in [0.05, 0.1) is 12.1 Å². The molecule has 2 aromatic rings. The Morgan fingerprint density at radius 2 is 1.60 bits per heavy atom. The first-order chi connectivity index (χ1) is 9.83. The molecule has 2 atom stereocenters. The molecule has 2 aromatic carbocycles. The number of carbonyl (C=O) groups excluding carboxylic acids is 1. The van der Waals surface area contributed by atoms with E-state index in [0.717, 1.165) is 6.42 Å². The van der Waals surface area contributed by atoms with Crippen molar-refractivity contribution in [1.82, 2.24) is 10.6 Å². The first-order valence-corrected chi connectivity index (χ1v) is 6.95. The molecule has 1 aliphatic heterocycles. The van der Waals surface area contributed by atoms with Crippen LogP contribution in [0, 0.1) is 0 Å². The van der Waals surface area contributed by atoms with E-state index >= 15 is 0 Å². The fourth-order valence-corrected chi connectivity index (χ4v) is 2.60. The Labute approximate surface area is 119 Å². The van der Waals surface area contributed by atoms with Gasteiger partial charge in [0.15, 0.2) is 0 Å². The van der Waals surface area contributed by atoms with E-state index < -0.39 is 0 Å². The normalized spacial score (nSPS) is 22.3. The lowest BCUT2D eigenvalue weighted by Gasteiger charge is -2.31. The minimum Gasteiger partial charge on any atom is -0.353 e. The fraction of sp³-hybridized carbons (Fsp3) is 0.235. The molecule has 0 spiro atoms. The summed E-state index contributed by atoms with van der Waals surface area (Å²) in [6, 6.07) is 20.4. The van der Waals surface area contributed by atoms with Crippen LogP contribution in [0.2, 0.25) is 0 Å². The monoisotopic (exact) mass is 266 g/mol. The van der Waals surface area contributed by atoms with E-state index in [-0.39, 0.29) is 18.0 Å². The first-order valence-electron chi connectivity index (χ1n) is 6.95. The summed E-state index contributed by atoms with van der Waals surface area (Å²) in [5.74, 6) is 0.0843. The number of benzene rings is 2. The standard InChI is InChI=1S/C17H18N2O/c20-17-15(11-13-7-3-1-4-8-13)19-16(12-18-17)14-9-5-2-6-10-14/h1-10,15-16,19H,11-12H2,(H,18,20)/t15-,16-/m0/s1. The second kappa shape index (κ2) is 5.88. The third-order valence-corrected chi connectivity index (χ3v) is 3.68. The quantitative estimate of drug-likeness (QED) is 0.893. The zero-order valence-corrected chi connectivity index (χ0v) is 11.3. The lowest BCUT2D eigenvalue weighted by Crippen LogP contribution is -2.55. The predicted molar refractivity (Wildman–Crippen MR) is 79.3 cm³/mol. The van der Waals surface area contributed by atoms with Gasteiger partial charge in [0, 0.05) is 6.54 Å². The maximum absolute atomic E-state index is 12.0. The minimum atomic E-state index is -0.170. The number of carbonyl (C=O) groups is 1. The fourth-order valence-electron chi connectivity index (χ4n) is 2.60. The van der Waals surface area contributed by atoms with Gasteiger partial charge in [0.2, 0.25) is 5.91 Å². The van der Waals surface area contributed by atoms with Crippen molar-refractivity contribution in [1.29, 1.82) is 0 Å². The van der Waals surface area contributed by atoms with E-state index in [1.807, 2.05) is 36.4 Å². The van der Waals surface area contributed by atoms with E-state index in [1.165, 1.54) is 11.1 Å². The molecule has 1 aliphatic rings. The highest BCUT2D eigenvalue weighted by molar-refractivity contribution is 5.83. The van der Waals surface area contributed by atoms with Crippen LogP contribution < -0.4 is 10.6 Å². The molecule has 1 amide bonds. The van der Waals surface area contributed by atoms with Gasteiger partial charge in [-0.3, -0.25) is 10.1 Å². The third-order valence-electron chi connectivity index (χ3n) is 3.68. The van der Waals surface area contributed by atoms with E-state index in [4.69, 9.17) is 0 Å². The maximum atomic E-state index is 12.0. The van der Waals surface area contributed by atoms with Crippen molar-refractivity contribution >= 4 is 5.91 Å². The number of piperazine rings is 1. The van der Waals surface area contributed by atoms with Crippen LogP contribution in [-0.4, -0.2) is 18.5 Å². The van der Waals surface area contributed by atoms with E-state index in [0.29, 0.717) is 6.54 Å². The van der Waals surface area contributed by atoms with Gasteiger partial charge in [-0.05, 0) is 17.5 Å². The molecular weight excluding hydrogens is 248 g/mol. The van der Waals surface area contributed by atoms with E-state index in [2.05, 4.69) is 34.9 Å². The summed E-state index contributed by atoms with van der Waals surface area (Å²) in [5, 5.41) is 6.46. The molecule has 3 heteroatoms. The smallest absolute Gasteiger partial charge is 0.237 e. The van der Waals surface area contributed by atoms with Crippen molar-refractivity contribution in [2.24, 2.45) is 0 Å². The Balaban J connectivity index is 1.72. The summed E-state index contributed by atoms with van der Waals surface area (Å²) >= 11 is 0. The van der Waals surface area contributed by atoms with Crippen molar-refractivity contribution < 1.29 is 4.79 Å². The highest BCUT2D eigenvalue weighted by atomic mass is 16.2. The second-order valence-electron chi connectivity index (χ2n) is 5.12. The zero-order chi connectivity index (χ0) is 13.8. The topological polar surface area (TPSA) is 41.1 Å². The van der Waals surface area contributed by atoms with Crippen LogP contribution in [0.4, 0.5) is 0 Å². The number of rotatable bonds is 3. The van der Waals surface area contributed by atoms with Gasteiger partial charge in [-0.25, -0.2) is 0 Å². The minimum absolute atomic E-state index is 0.0843. The van der Waals surface area contributed by atoms with Gasteiger partial charge in [-0.15, -0.1) is 0 Å². The van der Waals surface area contributed by atoms with Crippen molar-refractivity contribution in [2.75, 3.05) is 6.54 Å². The van der Waals surface area contributed by atoms with Crippen LogP contribution in [0.25, 0.3) is 0 Å². The SMILES string of the molecule is O=C1NC[C@@H](c2ccccc2)N[C@H]1Cc1ccccc1. The molecular formula is C17H18N2O. The molecule has 0 saturated carbocycles. The molecule has 0 bridgehead atoms. The van der Waals surface area contributed by atoms with Crippen LogP contribution in [0.15, 0.2) is 60.7 Å². The molecule has 1 saturated heterocycles. The summed E-state index contributed by atoms with van der Waals surface area (Å²) in [6.45, 7) is 0.647. The molecule has 3 nitrogen and oxygen atoms in total. The summed E-state index contributed by atoms with van der Waals surface area (Å²) in [7, 11) is 0. The Morgan fingerprint density at radius 1 is 0.950 bits per heavy atom. The second-order valence-corrected chi connectivity index (χ2v) is 5.12. The van der Waals surface area contributed by atoms with Crippen LogP contribution in [0.1, 0.15) is 17.2 Å². The van der Waals surface area contributed by atoms with Gasteiger partial charge < -0.3 is 5.32 Å². The molecule has 0 unspecified atom stereocenters. The lowest BCUT2D eigenvalue weighted by molar-refractivity contribution is -0.125. The summed E-state index contributed by atoms with van der Waals surface area (Å²) < 4.78 is 0. The van der Waals surface area contributed by atoms with Crippen molar-refractivity contribution in [3.8, 4) is 0 Å². The molecule has 20 heavy (non-hydrogen) atoms. The van der Waals surface area contributed by atoms with Crippen molar-refractivity contribution in [3.63, 3.8) is 0 Å². The lowest BCUT2D eigenvalue weighted by atomic mass is 9.98. The van der Waals surface area contributed by atoms with E-state index in [1.54, 1.807) is 0 Å². The van der Waals surface area contributed by atoms with Gasteiger partial charge >= 0.3 is 0 Å². The average molecular weight is 266 g/mol. The maximum Gasteiger partial charge on any atom is 0.237 e. The third kappa shape index (κ3) is 2.89. The van der Waals surface area contributed by atoms with Crippen LogP contribution >= 0.6 is 0 Å². The largest absolute Gasteiger partial charge is 0.353 e. The number of hydrogen-bond donors (Lipinski definition) is 2. The average Bonchev–Trinajstić information content (AvgIpc) is 2.51. The van der Waals surface area contributed by atoms with E-state index in [9.17, 15) is 4.79 Å². The molecule has 2 N–H and O–H groups in total. The molecule has 1 fully saturated rings. The Kier molecular flexibility index (Phi) is 3.79. The zero-order valence-electron chi connectivity index (χ0n) is 11.3. The number of hydrogen-bond acceptors (Lipinski definition) is 2. The Hall–Kier alpha value is -2.13. The summed E-state index contributed by atoms with van der Waals surface area (Å²) in [5.41, 5.74) is 2.39. The molecule has 0 aliphatic carbocycles. The van der Waals surface area contributed by atoms with Gasteiger partial charge in [0.25, 0.3) is 0 Å². The highest BCUT2D eigenvalue weighted by Gasteiger charge is 2.28. The molecule has 0 radical (unpaired) electrons. The van der Waals surface area contributed by atoms with Crippen molar-refractivity contribution in [2.45, 2.75) is 18.5 Å². The molecule has 0 aromatic heterocycles. The van der Waals surface area contributed by atoms with Crippen LogP contribution in [0.5, 0.6) is 0 Å². The number of nitrogens with one attached hydrogen (secondary N) is 2. The summed E-state index contributed by atoms with van der Waals surface area (Å²) in [4.78, 5) is 12.0. The van der Waals surface area contributed by atoms with Crippen molar-refractivity contribution in [3.05, 3.63) is 71.8 Å². The molecule has 1 heterocycles. The predicted octanol–water partition coefficient (Wildman–Crippen LogP) is 2.06. The molecule has 102 valence electrons. The Bertz CT molecular complexity index is 568. The van der Waals surface area contributed by atoms with Crippen LogP contribution in [0.3, 0.4) is 0 Å². The molecule has 3 rings (SSSR count). The van der Waals surface area contributed by atoms with Gasteiger partial charge in [-0.2, -0.15) is 0 Å². The van der Waals surface area contributed by atoms with Gasteiger partial charge in [0.1, 0.15) is 0 Å². The number of amides is 1. The summed E-state index contributed by atoms with van der Waals surface area (Å²) in [6.07, 6.45) is 0.718. The van der Waals surface area contributed by atoms with Crippen LogP contribution in [-0.2, 0) is 11.2 Å². The highest BCUT2D eigenvalue weighted by Crippen LogP contribution is 2.17. The van der Waals surface area contributed by atoms with Gasteiger partial charge in [-0.1, -0.05) is 60.7 Å².